The Morgan fingerprint density at radius 3 is 2.76 bits per heavy atom. The molecule has 0 fully saturated rings. The van der Waals surface area contributed by atoms with Gasteiger partial charge in [0.15, 0.2) is 0 Å². The predicted molar refractivity (Wildman–Crippen MR) is 65.6 cm³/mol. The molecule has 90 valence electrons. The molecule has 1 unspecified atom stereocenters. The summed E-state index contributed by atoms with van der Waals surface area (Å²) in [6.45, 7) is 3.86. The Morgan fingerprint density at radius 1 is 1.41 bits per heavy atom. The first kappa shape index (κ1) is 11.8. The quantitative estimate of drug-likeness (QED) is 0.874. The van der Waals surface area contributed by atoms with E-state index in [0.29, 0.717) is 6.42 Å². The molecule has 0 radical (unpaired) electrons. The van der Waals surface area contributed by atoms with E-state index < -0.39 is 6.10 Å². The third kappa shape index (κ3) is 2.53. The van der Waals surface area contributed by atoms with Crippen molar-refractivity contribution in [1.29, 1.82) is 0 Å². The summed E-state index contributed by atoms with van der Waals surface area (Å²) in [5, 5.41) is 14.5. The SMILES string of the molecule is Cc1cc(CC(O)c2cccnc2C)n(C)n1. The number of nitrogens with zero attached hydrogens (tertiary/aromatic N) is 3. The van der Waals surface area contributed by atoms with Crippen molar-refractivity contribution in [2.45, 2.75) is 26.4 Å². The Morgan fingerprint density at radius 2 is 2.18 bits per heavy atom. The summed E-state index contributed by atoms with van der Waals surface area (Å²) in [5.74, 6) is 0. The van der Waals surface area contributed by atoms with Crippen LogP contribution in [0.15, 0.2) is 24.4 Å². The molecule has 0 aliphatic heterocycles. The van der Waals surface area contributed by atoms with Crippen LogP contribution in [0, 0.1) is 13.8 Å². The van der Waals surface area contributed by atoms with Gasteiger partial charge in [-0.25, -0.2) is 0 Å². The van der Waals surface area contributed by atoms with Gasteiger partial charge < -0.3 is 5.11 Å². The lowest BCUT2D eigenvalue weighted by atomic mass is 10.0. The van der Waals surface area contributed by atoms with Gasteiger partial charge in [0.2, 0.25) is 0 Å². The molecule has 0 aliphatic carbocycles. The van der Waals surface area contributed by atoms with Crippen molar-refractivity contribution >= 4 is 0 Å². The molecule has 0 aromatic carbocycles. The number of hydrogen-bond donors (Lipinski definition) is 1. The third-order valence-corrected chi connectivity index (χ3v) is 2.91. The minimum Gasteiger partial charge on any atom is -0.388 e. The molecule has 0 saturated heterocycles. The van der Waals surface area contributed by atoms with E-state index in [4.69, 9.17) is 0 Å². The molecule has 4 heteroatoms. The van der Waals surface area contributed by atoms with Gasteiger partial charge in [0, 0.05) is 36.6 Å². The summed E-state index contributed by atoms with van der Waals surface area (Å²) >= 11 is 0. The maximum Gasteiger partial charge on any atom is 0.0862 e. The normalized spacial score (nSPS) is 12.7. The summed E-state index contributed by atoms with van der Waals surface area (Å²) in [4.78, 5) is 4.19. The molecule has 0 spiro atoms. The maximum absolute atomic E-state index is 10.2. The van der Waals surface area contributed by atoms with E-state index in [2.05, 4.69) is 10.1 Å². The first-order chi connectivity index (χ1) is 8.08. The largest absolute Gasteiger partial charge is 0.388 e. The third-order valence-electron chi connectivity index (χ3n) is 2.91. The fourth-order valence-corrected chi connectivity index (χ4v) is 2.01. The highest BCUT2D eigenvalue weighted by molar-refractivity contribution is 5.23. The van der Waals surface area contributed by atoms with E-state index in [1.165, 1.54) is 0 Å². The van der Waals surface area contributed by atoms with E-state index in [-0.39, 0.29) is 0 Å². The zero-order valence-electron chi connectivity index (χ0n) is 10.4. The van der Waals surface area contributed by atoms with Crippen LogP contribution in [0.2, 0.25) is 0 Å². The molecule has 1 atom stereocenters. The van der Waals surface area contributed by atoms with Crippen molar-refractivity contribution in [2.75, 3.05) is 0 Å². The molecule has 0 amide bonds. The van der Waals surface area contributed by atoms with Gasteiger partial charge in [-0.3, -0.25) is 9.67 Å². The predicted octanol–water partition coefficient (Wildman–Crippen LogP) is 1.71. The van der Waals surface area contributed by atoms with Crippen molar-refractivity contribution in [3.05, 3.63) is 47.0 Å². The number of aryl methyl sites for hydroxylation is 3. The van der Waals surface area contributed by atoms with Gasteiger partial charge in [-0.05, 0) is 26.0 Å². The van der Waals surface area contributed by atoms with Crippen molar-refractivity contribution in [1.82, 2.24) is 14.8 Å². The van der Waals surface area contributed by atoms with E-state index in [1.807, 2.05) is 43.8 Å². The highest BCUT2D eigenvalue weighted by atomic mass is 16.3. The first-order valence-electron chi connectivity index (χ1n) is 5.67. The first-order valence-corrected chi connectivity index (χ1v) is 5.67. The van der Waals surface area contributed by atoms with Crippen LogP contribution in [0.3, 0.4) is 0 Å². The fraction of sp³-hybridized carbons (Fsp3) is 0.385. The van der Waals surface area contributed by atoms with Crippen LogP contribution < -0.4 is 0 Å². The van der Waals surface area contributed by atoms with Crippen LogP contribution >= 0.6 is 0 Å². The second-order valence-electron chi connectivity index (χ2n) is 4.30. The van der Waals surface area contributed by atoms with Crippen molar-refractivity contribution in [3.63, 3.8) is 0 Å². The van der Waals surface area contributed by atoms with Gasteiger partial charge in [0.1, 0.15) is 0 Å². The van der Waals surface area contributed by atoms with Crippen molar-refractivity contribution in [3.8, 4) is 0 Å². The summed E-state index contributed by atoms with van der Waals surface area (Å²) < 4.78 is 1.81. The molecule has 0 aliphatic rings. The zero-order chi connectivity index (χ0) is 12.4. The second-order valence-corrected chi connectivity index (χ2v) is 4.30. The Kier molecular flexibility index (Phi) is 3.24. The standard InChI is InChI=1S/C13H17N3O/c1-9-7-11(16(3)15-9)8-13(17)12-5-4-6-14-10(12)2/h4-7,13,17H,8H2,1-3H3. The Labute approximate surface area is 101 Å². The number of hydrogen-bond acceptors (Lipinski definition) is 3. The molecule has 0 saturated carbocycles. The lowest BCUT2D eigenvalue weighted by Gasteiger charge is -2.12. The van der Waals surface area contributed by atoms with E-state index in [1.54, 1.807) is 6.20 Å². The van der Waals surface area contributed by atoms with Gasteiger partial charge in [-0.1, -0.05) is 6.07 Å². The summed E-state index contributed by atoms with van der Waals surface area (Å²) in [5.41, 5.74) is 3.75. The van der Waals surface area contributed by atoms with Crippen molar-refractivity contribution in [2.24, 2.45) is 7.05 Å². The zero-order valence-corrected chi connectivity index (χ0v) is 10.4. The van der Waals surface area contributed by atoms with Gasteiger partial charge in [-0.15, -0.1) is 0 Å². The summed E-state index contributed by atoms with van der Waals surface area (Å²) in [6, 6.07) is 5.76. The van der Waals surface area contributed by atoms with Crippen LogP contribution in [-0.2, 0) is 13.5 Å². The Balaban J connectivity index is 2.20. The highest BCUT2D eigenvalue weighted by Gasteiger charge is 2.14. The van der Waals surface area contributed by atoms with Crippen LogP contribution in [0.1, 0.15) is 28.7 Å². The molecule has 2 heterocycles. The molecule has 2 aromatic heterocycles. The number of pyridine rings is 1. The monoisotopic (exact) mass is 231 g/mol. The lowest BCUT2D eigenvalue weighted by molar-refractivity contribution is 0.174. The molecule has 17 heavy (non-hydrogen) atoms. The molecule has 2 rings (SSSR count). The topological polar surface area (TPSA) is 50.9 Å². The van der Waals surface area contributed by atoms with Gasteiger partial charge in [-0.2, -0.15) is 5.10 Å². The maximum atomic E-state index is 10.2. The minimum atomic E-state index is -0.529. The number of aromatic nitrogens is 3. The molecular weight excluding hydrogens is 214 g/mol. The van der Waals surface area contributed by atoms with E-state index in [0.717, 1.165) is 22.6 Å². The molecule has 1 N–H and O–H groups in total. The van der Waals surface area contributed by atoms with Crippen LogP contribution in [-0.4, -0.2) is 19.9 Å². The summed E-state index contributed by atoms with van der Waals surface area (Å²) in [6.07, 6.45) is 1.77. The Bertz CT molecular complexity index is 519. The van der Waals surface area contributed by atoms with Crippen LogP contribution in [0.25, 0.3) is 0 Å². The Hall–Kier alpha value is -1.68. The smallest absolute Gasteiger partial charge is 0.0862 e. The number of aliphatic hydroxyl groups is 1. The molecule has 2 aromatic rings. The van der Waals surface area contributed by atoms with E-state index in [9.17, 15) is 5.11 Å². The van der Waals surface area contributed by atoms with Gasteiger partial charge in [0.25, 0.3) is 0 Å². The average molecular weight is 231 g/mol. The molecule has 4 nitrogen and oxygen atoms in total. The van der Waals surface area contributed by atoms with Crippen LogP contribution in [0.5, 0.6) is 0 Å². The minimum absolute atomic E-state index is 0.529. The van der Waals surface area contributed by atoms with Crippen molar-refractivity contribution < 1.29 is 5.11 Å². The number of aliphatic hydroxyl groups excluding tert-OH is 1. The number of rotatable bonds is 3. The lowest BCUT2D eigenvalue weighted by Crippen LogP contribution is -2.08. The fourth-order valence-electron chi connectivity index (χ4n) is 2.01. The van der Waals surface area contributed by atoms with Crippen LogP contribution in [0.4, 0.5) is 0 Å². The van der Waals surface area contributed by atoms with Gasteiger partial charge in [0.05, 0.1) is 11.8 Å². The van der Waals surface area contributed by atoms with E-state index >= 15 is 0 Å². The second kappa shape index (κ2) is 4.67. The average Bonchev–Trinajstić information content (AvgIpc) is 2.58. The summed E-state index contributed by atoms with van der Waals surface area (Å²) in [7, 11) is 1.89. The van der Waals surface area contributed by atoms with Gasteiger partial charge >= 0.3 is 0 Å². The molecule has 0 bridgehead atoms. The highest BCUT2D eigenvalue weighted by Crippen LogP contribution is 2.20. The molecular formula is C13H17N3O.